The highest BCUT2D eigenvalue weighted by atomic mass is 16.5. The van der Waals surface area contributed by atoms with Gasteiger partial charge in [0, 0.05) is 25.7 Å². The van der Waals surface area contributed by atoms with E-state index in [9.17, 15) is 4.79 Å². The van der Waals surface area contributed by atoms with Gasteiger partial charge in [-0.15, -0.1) is 0 Å². The van der Waals surface area contributed by atoms with Crippen LogP contribution in [0, 0.1) is 0 Å². The van der Waals surface area contributed by atoms with E-state index in [0.29, 0.717) is 12.8 Å². The summed E-state index contributed by atoms with van der Waals surface area (Å²) in [5.74, 6) is 1.48. The van der Waals surface area contributed by atoms with Crippen LogP contribution in [0.15, 0.2) is 72.9 Å². The molecule has 1 aromatic heterocycles. The molecule has 1 heterocycles. The Balaban J connectivity index is 1.78. The number of aromatic nitrogens is 1. The molecule has 1 amide bonds. The Bertz CT molecular complexity index is 868. The summed E-state index contributed by atoms with van der Waals surface area (Å²) >= 11 is 0. The van der Waals surface area contributed by atoms with Gasteiger partial charge in [-0.05, 0) is 41.8 Å². The minimum atomic E-state index is -0.232. The fourth-order valence-corrected chi connectivity index (χ4v) is 3.35. The number of ether oxygens (including phenoxy) is 2. The molecule has 2 aromatic carbocycles. The van der Waals surface area contributed by atoms with Gasteiger partial charge in [-0.3, -0.25) is 9.78 Å². The summed E-state index contributed by atoms with van der Waals surface area (Å²) in [6.45, 7) is 0. The van der Waals surface area contributed by atoms with Crippen LogP contribution >= 0.6 is 0 Å². The smallest absolute Gasteiger partial charge is 0.223 e. The summed E-state index contributed by atoms with van der Waals surface area (Å²) in [6, 6.07) is 21.2. The number of hydrogen-bond donors (Lipinski definition) is 0. The average molecular weight is 390 g/mol. The van der Waals surface area contributed by atoms with E-state index >= 15 is 0 Å². The Kier molecular flexibility index (Phi) is 6.85. The topological polar surface area (TPSA) is 51.7 Å². The Morgan fingerprint density at radius 2 is 1.62 bits per heavy atom. The predicted octanol–water partition coefficient (Wildman–Crippen LogP) is 4.28. The van der Waals surface area contributed by atoms with Crippen LogP contribution in [0.1, 0.15) is 29.3 Å². The largest absolute Gasteiger partial charge is 0.497 e. The number of carbonyl (C=O) groups is 1. The fourth-order valence-electron chi connectivity index (χ4n) is 3.35. The van der Waals surface area contributed by atoms with Crippen molar-refractivity contribution in [3.63, 3.8) is 0 Å². The normalized spacial score (nSPS) is 11.6. The van der Waals surface area contributed by atoms with Crippen molar-refractivity contribution >= 4 is 5.91 Å². The Morgan fingerprint density at radius 1 is 0.966 bits per heavy atom. The number of aryl methyl sites for hydroxylation is 1. The maximum absolute atomic E-state index is 13.0. The van der Waals surface area contributed by atoms with Crippen LogP contribution in [0.4, 0.5) is 0 Å². The highest BCUT2D eigenvalue weighted by molar-refractivity contribution is 5.77. The van der Waals surface area contributed by atoms with Gasteiger partial charge in [-0.1, -0.05) is 36.4 Å². The maximum Gasteiger partial charge on any atom is 0.223 e. The van der Waals surface area contributed by atoms with Crippen LogP contribution in [0.2, 0.25) is 0 Å². The lowest BCUT2D eigenvalue weighted by molar-refractivity contribution is -0.131. The molecule has 3 aromatic rings. The molecule has 5 heteroatoms. The van der Waals surface area contributed by atoms with Gasteiger partial charge in [-0.25, -0.2) is 0 Å². The molecule has 0 saturated heterocycles. The number of amides is 1. The third-order valence-electron chi connectivity index (χ3n) is 4.90. The van der Waals surface area contributed by atoms with Crippen molar-refractivity contribution in [3.05, 3.63) is 89.7 Å². The molecule has 0 N–H and O–H groups in total. The molecule has 0 radical (unpaired) electrons. The molecule has 1 atom stereocenters. The van der Waals surface area contributed by atoms with Crippen LogP contribution in [-0.4, -0.2) is 37.1 Å². The van der Waals surface area contributed by atoms with E-state index < -0.39 is 0 Å². The first kappa shape index (κ1) is 20.4. The first-order chi connectivity index (χ1) is 14.1. The molecule has 0 saturated carbocycles. The Morgan fingerprint density at radius 3 is 2.21 bits per heavy atom. The summed E-state index contributed by atoms with van der Waals surface area (Å²) in [5, 5.41) is 0. The van der Waals surface area contributed by atoms with Crippen molar-refractivity contribution < 1.29 is 14.3 Å². The Hall–Kier alpha value is -3.34. The van der Waals surface area contributed by atoms with Crippen molar-refractivity contribution in [3.8, 4) is 11.5 Å². The van der Waals surface area contributed by atoms with Gasteiger partial charge in [0.15, 0.2) is 0 Å². The van der Waals surface area contributed by atoms with E-state index in [1.165, 1.54) is 0 Å². The van der Waals surface area contributed by atoms with Gasteiger partial charge >= 0.3 is 0 Å². The second kappa shape index (κ2) is 9.73. The number of rotatable bonds is 8. The molecule has 0 bridgehead atoms. The number of nitrogens with zero attached hydrogens (tertiary/aromatic N) is 2. The number of benzene rings is 2. The van der Waals surface area contributed by atoms with Crippen LogP contribution in [-0.2, 0) is 11.2 Å². The summed E-state index contributed by atoms with van der Waals surface area (Å²) in [4.78, 5) is 19.3. The molecule has 5 nitrogen and oxygen atoms in total. The zero-order chi connectivity index (χ0) is 20.6. The molecule has 0 aliphatic carbocycles. The first-order valence-electron chi connectivity index (χ1n) is 9.56. The Labute approximate surface area is 171 Å². The third kappa shape index (κ3) is 5.13. The van der Waals surface area contributed by atoms with E-state index in [-0.39, 0.29) is 11.9 Å². The lowest BCUT2D eigenvalue weighted by atomic mass is 10.0. The van der Waals surface area contributed by atoms with E-state index in [1.807, 2.05) is 73.8 Å². The SMILES string of the molecule is COc1cc(CCC(=O)N(C)[C@H](c2ccccc2)c2ccccn2)cc(OC)c1. The van der Waals surface area contributed by atoms with Gasteiger partial charge in [0.2, 0.25) is 5.91 Å². The zero-order valence-corrected chi connectivity index (χ0v) is 17.0. The summed E-state index contributed by atoms with van der Waals surface area (Å²) in [7, 11) is 5.07. The molecular weight excluding hydrogens is 364 g/mol. The van der Waals surface area contributed by atoms with Crippen LogP contribution in [0.5, 0.6) is 11.5 Å². The molecule has 150 valence electrons. The quantitative estimate of drug-likeness (QED) is 0.576. The molecule has 0 spiro atoms. The van der Waals surface area contributed by atoms with E-state index in [0.717, 1.165) is 28.3 Å². The van der Waals surface area contributed by atoms with E-state index in [1.54, 1.807) is 25.3 Å². The number of hydrogen-bond acceptors (Lipinski definition) is 4. The molecule has 0 aliphatic heterocycles. The monoisotopic (exact) mass is 390 g/mol. The molecule has 0 aliphatic rings. The first-order valence-corrected chi connectivity index (χ1v) is 9.56. The van der Waals surface area contributed by atoms with Crippen LogP contribution in [0.3, 0.4) is 0 Å². The number of pyridine rings is 1. The fraction of sp³-hybridized carbons (Fsp3) is 0.250. The second-order valence-corrected chi connectivity index (χ2v) is 6.79. The molecule has 0 unspecified atom stereocenters. The standard InChI is InChI=1S/C24H26N2O3/c1-26(23(27)13-12-18-15-20(28-2)17-21(16-18)29-3)24(19-9-5-4-6-10-19)22-11-7-8-14-25-22/h4-11,14-17,24H,12-13H2,1-3H3/t24-/m1/s1. The van der Waals surface area contributed by atoms with E-state index in [4.69, 9.17) is 9.47 Å². The minimum Gasteiger partial charge on any atom is -0.497 e. The predicted molar refractivity (Wildman–Crippen MR) is 113 cm³/mol. The lowest BCUT2D eigenvalue weighted by Gasteiger charge is -2.28. The summed E-state index contributed by atoms with van der Waals surface area (Å²) in [5.41, 5.74) is 2.87. The number of methoxy groups -OCH3 is 2. The van der Waals surface area contributed by atoms with Gasteiger partial charge in [-0.2, -0.15) is 0 Å². The molecule has 29 heavy (non-hydrogen) atoms. The second-order valence-electron chi connectivity index (χ2n) is 6.79. The highest BCUT2D eigenvalue weighted by Gasteiger charge is 2.24. The highest BCUT2D eigenvalue weighted by Crippen LogP contribution is 2.27. The van der Waals surface area contributed by atoms with Crippen molar-refractivity contribution in [1.29, 1.82) is 0 Å². The summed E-state index contributed by atoms with van der Waals surface area (Å²) in [6.07, 6.45) is 2.73. The molecular formula is C24H26N2O3. The lowest BCUT2D eigenvalue weighted by Crippen LogP contribution is -2.32. The molecule has 3 rings (SSSR count). The maximum atomic E-state index is 13.0. The van der Waals surface area contributed by atoms with Crippen LogP contribution < -0.4 is 9.47 Å². The van der Waals surface area contributed by atoms with Gasteiger partial charge in [0.1, 0.15) is 11.5 Å². The van der Waals surface area contributed by atoms with Crippen molar-refractivity contribution in [2.45, 2.75) is 18.9 Å². The molecule has 0 fully saturated rings. The summed E-state index contributed by atoms with van der Waals surface area (Å²) < 4.78 is 10.6. The third-order valence-corrected chi connectivity index (χ3v) is 4.90. The van der Waals surface area contributed by atoms with Gasteiger partial charge in [0.25, 0.3) is 0 Å². The zero-order valence-electron chi connectivity index (χ0n) is 17.0. The van der Waals surface area contributed by atoms with E-state index in [2.05, 4.69) is 4.98 Å². The van der Waals surface area contributed by atoms with Crippen molar-refractivity contribution in [2.75, 3.05) is 21.3 Å². The minimum absolute atomic E-state index is 0.0475. The van der Waals surface area contributed by atoms with Gasteiger partial charge < -0.3 is 14.4 Å². The van der Waals surface area contributed by atoms with Crippen LogP contribution in [0.25, 0.3) is 0 Å². The van der Waals surface area contributed by atoms with Gasteiger partial charge in [0.05, 0.1) is 26.0 Å². The van der Waals surface area contributed by atoms with Crippen molar-refractivity contribution in [1.82, 2.24) is 9.88 Å². The van der Waals surface area contributed by atoms with Crippen molar-refractivity contribution in [2.24, 2.45) is 0 Å². The average Bonchev–Trinajstić information content (AvgIpc) is 2.78. The number of carbonyl (C=O) groups excluding carboxylic acids is 1.